The highest BCUT2D eigenvalue weighted by atomic mass is 32.1. The molecule has 0 aliphatic carbocycles. The van der Waals surface area contributed by atoms with Crippen molar-refractivity contribution in [2.75, 3.05) is 13.1 Å². The summed E-state index contributed by atoms with van der Waals surface area (Å²) in [6.45, 7) is 0.803. The molecule has 0 saturated carbocycles. The number of hydrogen-bond donors (Lipinski definition) is 2. The average molecular weight is 618 g/mol. The number of aliphatic hydroxyl groups is 1. The lowest BCUT2D eigenvalue weighted by Gasteiger charge is -2.34. The number of nitrogens with one attached hydrogen (secondary N) is 1. The van der Waals surface area contributed by atoms with Gasteiger partial charge in [-0.1, -0.05) is 6.07 Å². The fourth-order valence-electron chi connectivity index (χ4n) is 4.19. The Morgan fingerprint density at radius 1 is 1.15 bits per heavy atom. The fraction of sp³-hybridized carbons (Fsp3) is 0.560. The summed E-state index contributed by atoms with van der Waals surface area (Å²) in [6, 6.07) is 1.08. The smallest absolute Gasteiger partial charge is 0.406 e. The first-order valence-electron chi connectivity index (χ1n) is 12.2. The molecule has 1 fully saturated rings. The van der Waals surface area contributed by atoms with E-state index in [0.717, 1.165) is 0 Å². The topological polar surface area (TPSA) is 91.8 Å². The van der Waals surface area contributed by atoms with Crippen LogP contribution in [0, 0.1) is 0 Å². The molecule has 1 aliphatic heterocycles. The number of rotatable bonds is 8. The Bertz CT molecular complexity index is 1270. The number of ether oxygens (including phenoxy) is 1. The molecule has 3 rings (SSSR count). The van der Waals surface area contributed by atoms with Gasteiger partial charge in [0.2, 0.25) is 0 Å². The zero-order valence-electron chi connectivity index (χ0n) is 22.2. The van der Waals surface area contributed by atoms with E-state index in [-0.39, 0.29) is 35.5 Å². The van der Waals surface area contributed by atoms with Crippen molar-refractivity contribution in [3.05, 3.63) is 34.5 Å². The van der Waals surface area contributed by atoms with Gasteiger partial charge in [-0.3, -0.25) is 9.59 Å². The Balaban J connectivity index is 2.23. The maximum absolute atomic E-state index is 13.7. The Labute approximate surface area is 233 Å². The molecular weight excluding hydrogens is 590 g/mol. The van der Waals surface area contributed by atoms with E-state index in [1.807, 2.05) is 0 Å². The fourth-order valence-corrected chi connectivity index (χ4v) is 5.19. The summed E-state index contributed by atoms with van der Waals surface area (Å²) in [5.41, 5.74) is -8.09. The van der Waals surface area contributed by atoms with E-state index in [4.69, 9.17) is 0 Å². The Kier molecular flexibility index (Phi) is 8.99. The number of likely N-dealkylation sites (tertiary alicyclic amines) is 1. The number of alkyl halides is 8. The number of benzene rings is 1. The minimum absolute atomic E-state index is 0.129. The molecule has 0 radical (unpaired) electrons. The maximum atomic E-state index is 13.7. The highest BCUT2D eigenvalue weighted by Gasteiger charge is 2.68. The minimum atomic E-state index is -5.86. The second-order valence-electron chi connectivity index (χ2n) is 10.4. The third-order valence-electron chi connectivity index (χ3n) is 6.67. The normalized spacial score (nSPS) is 16.8. The molecule has 2 N–H and O–H groups in total. The van der Waals surface area contributed by atoms with Gasteiger partial charge in [-0.25, -0.2) is 4.98 Å². The number of amides is 2. The predicted octanol–water partition coefficient (Wildman–Crippen LogP) is 5.92. The highest BCUT2D eigenvalue weighted by molar-refractivity contribution is 7.17. The number of thiazole rings is 1. The van der Waals surface area contributed by atoms with Crippen LogP contribution in [0.2, 0.25) is 0 Å². The molecule has 0 spiro atoms. The number of hydrogen-bond acceptors (Lipinski definition) is 6. The quantitative estimate of drug-likeness (QED) is 0.359. The van der Waals surface area contributed by atoms with Crippen LogP contribution >= 0.6 is 11.3 Å². The van der Waals surface area contributed by atoms with Gasteiger partial charge in [0.25, 0.3) is 11.8 Å². The van der Waals surface area contributed by atoms with E-state index >= 15 is 0 Å². The summed E-state index contributed by atoms with van der Waals surface area (Å²) in [7, 11) is 0. The van der Waals surface area contributed by atoms with Crippen molar-refractivity contribution in [1.82, 2.24) is 15.2 Å². The van der Waals surface area contributed by atoms with Crippen molar-refractivity contribution in [3.63, 3.8) is 0 Å². The lowest BCUT2D eigenvalue weighted by atomic mass is 9.80. The van der Waals surface area contributed by atoms with E-state index in [0.29, 0.717) is 42.9 Å². The first-order valence-corrected chi connectivity index (χ1v) is 13.0. The number of nitrogens with zero attached hydrogens (tertiary/aromatic N) is 2. The predicted molar refractivity (Wildman–Crippen MR) is 132 cm³/mol. The summed E-state index contributed by atoms with van der Waals surface area (Å²) in [4.78, 5) is 31.4. The largest absolute Gasteiger partial charge is 0.434 e. The molecule has 2 amide bonds. The van der Waals surface area contributed by atoms with Crippen LogP contribution in [0.4, 0.5) is 35.1 Å². The van der Waals surface area contributed by atoms with Crippen LogP contribution in [0.5, 0.6) is 5.75 Å². The molecule has 1 saturated heterocycles. The molecular formula is C25H27F8N3O4S. The molecule has 0 bridgehead atoms. The van der Waals surface area contributed by atoms with Crippen molar-refractivity contribution < 1.29 is 54.6 Å². The molecule has 1 aromatic carbocycles. The van der Waals surface area contributed by atoms with Gasteiger partial charge < -0.3 is 20.1 Å². The van der Waals surface area contributed by atoms with Crippen LogP contribution in [-0.2, 0) is 5.41 Å². The van der Waals surface area contributed by atoms with Crippen LogP contribution in [0.15, 0.2) is 18.2 Å². The first kappa shape index (κ1) is 32.5. The van der Waals surface area contributed by atoms with Gasteiger partial charge in [-0.15, -0.1) is 11.3 Å². The second-order valence-corrected chi connectivity index (χ2v) is 11.4. The maximum Gasteiger partial charge on any atom is 0.406 e. The van der Waals surface area contributed by atoms with Gasteiger partial charge in [-0.05, 0) is 58.2 Å². The van der Waals surface area contributed by atoms with E-state index in [2.05, 4.69) is 15.0 Å². The highest BCUT2D eigenvalue weighted by Crippen LogP contribution is 2.53. The second kappa shape index (κ2) is 11.3. The van der Waals surface area contributed by atoms with E-state index in [1.165, 1.54) is 18.7 Å². The monoisotopic (exact) mass is 617 g/mol. The molecule has 7 nitrogen and oxygen atoms in total. The molecule has 1 atom stereocenters. The Morgan fingerprint density at radius 2 is 1.76 bits per heavy atom. The lowest BCUT2D eigenvalue weighted by Crippen LogP contribution is -2.51. The van der Waals surface area contributed by atoms with Gasteiger partial charge >= 0.3 is 19.0 Å². The SMILES string of the molecule is C[C@H]1CCCN1C(=O)c1nc(C(=O)NCC(C)(C)O)sc1-c1ccc(C(C)(C(F)(F)F)C(F)(F)F)cc1OC(F)F. The number of aromatic nitrogens is 1. The minimum Gasteiger partial charge on any atom is -0.434 e. The third-order valence-corrected chi connectivity index (χ3v) is 7.76. The van der Waals surface area contributed by atoms with Crippen LogP contribution in [0.3, 0.4) is 0 Å². The first-order chi connectivity index (χ1) is 18.7. The van der Waals surface area contributed by atoms with Crippen LogP contribution < -0.4 is 10.1 Å². The molecule has 2 heterocycles. The number of halogens is 8. The molecule has 1 aliphatic rings. The Hall–Kier alpha value is -3.01. The van der Waals surface area contributed by atoms with Crippen molar-refractivity contribution in [3.8, 4) is 16.2 Å². The van der Waals surface area contributed by atoms with Gasteiger partial charge in [0.1, 0.15) is 11.4 Å². The van der Waals surface area contributed by atoms with Crippen LogP contribution in [0.1, 0.15) is 66.4 Å². The third kappa shape index (κ3) is 6.74. The summed E-state index contributed by atoms with van der Waals surface area (Å²) in [5, 5.41) is 11.9. The van der Waals surface area contributed by atoms with E-state index in [9.17, 15) is 49.8 Å². The molecule has 0 unspecified atom stereocenters. The van der Waals surface area contributed by atoms with E-state index < -0.39 is 64.4 Å². The molecule has 1 aromatic heterocycles. The Morgan fingerprint density at radius 3 is 2.24 bits per heavy atom. The zero-order chi connectivity index (χ0) is 31.1. The van der Waals surface area contributed by atoms with E-state index in [1.54, 1.807) is 6.92 Å². The van der Waals surface area contributed by atoms with Crippen molar-refractivity contribution in [2.45, 2.75) is 76.6 Å². The lowest BCUT2D eigenvalue weighted by molar-refractivity contribution is -0.297. The van der Waals surface area contributed by atoms with Gasteiger partial charge in [0, 0.05) is 24.7 Å². The van der Waals surface area contributed by atoms with Gasteiger partial charge in [0.15, 0.2) is 10.4 Å². The van der Waals surface area contributed by atoms with Gasteiger partial charge in [0.05, 0.1) is 10.5 Å². The summed E-state index contributed by atoms with van der Waals surface area (Å²) in [6.07, 6.45) is -10.5. The van der Waals surface area contributed by atoms with Gasteiger partial charge in [-0.2, -0.15) is 35.1 Å². The van der Waals surface area contributed by atoms with Crippen molar-refractivity contribution >= 4 is 23.2 Å². The summed E-state index contributed by atoms with van der Waals surface area (Å²) < 4.78 is 113. The summed E-state index contributed by atoms with van der Waals surface area (Å²) in [5.74, 6) is -2.65. The van der Waals surface area contributed by atoms with Crippen LogP contribution in [-0.4, -0.2) is 70.5 Å². The zero-order valence-corrected chi connectivity index (χ0v) is 23.0. The molecule has 228 valence electrons. The number of carbonyl (C=O) groups excluding carboxylic acids is 2. The molecule has 41 heavy (non-hydrogen) atoms. The van der Waals surface area contributed by atoms with Crippen molar-refractivity contribution in [1.29, 1.82) is 0 Å². The van der Waals surface area contributed by atoms with Crippen LogP contribution in [0.25, 0.3) is 10.4 Å². The molecule has 2 aromatic rings. The average Bonchev–Trinajstić information content (AvgIpc) is 3.46. The summed E-state index contributed by atoms with van der Waals surface area (Å²) >= 11 is 0.504. The standard InChI is InChI=1S/C25H27F8N3O4S/c1-12-6-5-9-36(12)20(38)16-17(41-19(35-16)18(37)34-11-22(2,3)39)14-8-7-13(10-15(14)40-21(26)27)23(4,24(28,29)30)25(31,32)33/h7-8,10,12,21,39H,5-6,9,11H2,1-4H3,(H,34,37)/t12-/m0/s1. The molecule has 16 heteroatoms. The van der Waals surface area contributed by atoms with Crippen molar-refractivity contribution in [2.24, 2.45) is 0 Å². The number of carbonyl (C=O) groups is 2.